The topological polar surface area (TPSA) is 330 Å². The Morgan fingerprint density at radius 2 is 1.64 bits per heavy atom. The first-order valence-electron chi connectivity index (χ1n) is 9.34. The predicted octanol–water partition coefficient (Wildman–Crippen LogP) is -1.91. The lowest BCUT2D eigenvalue weighted by molar-refractivity contribution is -0.0466. The SMILES string of the molecule is NC/C=C/c1cn([C@H]2CC(O)[C@@H](COP(=O)(ON)OP(=O)(ON)OP(=O)(ON)ON)O2)c(=O)[nH]c1=O. The third kappa shape index (κ3) is 7.78. The Labute approximate surface area is 200 Å². The second-order valence-corrected chi connectivity index (χ2v) is 11.6. The van der Waals surface area contributed by atoms with E-state index in [1.54, 1.807) is 0 Å². The molecule has 3 unspecified atom stereocenters. The van der Waals surface area contributed by atoms with Crippen molar-refractivity contribution in [2.24, 2.45) is 29.3 Å². The number of aromatic nitrogens is 2. The highest BCUT2D eigenvalue weighted by molar-refractivity contribution is 7.67. The lowest BCUT2D eigenvalue weighted by Gasteiger charge is -2.22. The Balaban J connectivity index is 2.15. The van der Waals surface area contributed by atoms with Crippen molar-refractivity contribution in [2.75, 3.05) is 13.2 Å². The van der Waals surface area contributed by atoms with E-state index in [-0.39, 0.29) is 18.5 Å². The van der Waals surface area contributed by atoms with Crippen LogP contribution in [0, 0.1) is 0 Å². The summed E-state index contributed by atoms with van der Waals surface area (Å²) >= 11 is 0. The largest absolute Gasteiger partial charge is 0.516 e. The van der Waals surface area contributed by atoms with Gasteiger partial charge in [0.25, 0.3) is 5.56 Å². The van der Waals surface area contributed by atoms with Crippen LogP contribution in [-0.2, 0) is 50.1 Å². The second kappa shape index (κ2) is 12.9. The van der Waals surface area contributed by atoms with Gasteiger partial charge in [0, 0.05) is 19.2 Å². The van der Waals surface area contributed by atoms with E-state index >= 15 is 0 Å². The van der Waals surface area contributed by atoms with Gasteiger partial charge in [0.15, 0.2) is 0 Å². The minimum Gasteiger partial charge on any atom is -0.390 e. The summed E-state index contributed by atoms with van der Waals surface area (Å²) in [4.78, 5) is 26.2. The Morgan fingerprint density at radius 1 is 1.06 bits per heavy atom. The molecule has 0 aliphatic carbocycles. The second-order valence-electron chi connectivity index (χ2n) is 6.54. The van der Waals surface area contributed by atoms with Crippen molar-refractivity contribution in [3.8, 4) is 0 Å². The van der Waals surface area contributed by atoms with Crippen molar-refractivity contribution in [1.82, 2.24) is 9.55 Å². The van der Waals surface area contributed by atoms with E-state index in [2.05, 4.69) is 43.9 Å². The summed E-state index contributed by atoms with van der Waals surface area (Å²) < 4.78 is 72.2. The molecule has 24 heteroatoms. The highest BCUT2D eigenvalue weighted by Gasteiger charge is 2.48. The van der Waals surface area contributed by atoms with E-state index in [0.29, 0.717) is 0 Å². The van der Waals surface area contributed by atoms with Crippen LogP contribution >= 0.6 is 23.5 Å². The zero-order valence-electron chi connectivity index (χ0n) is 18.0. The van der Waals surface area contributed by atoms with E-state index in [4.69, 9.17) is 26.8 Å². The number of nitrogens with two attached hydrogens (primary N) is 5. The molecule has 0 amide bonds. The summed E-state index contributed by atoms with van der Waals surface area (Å²) in [6.07, 6.45) is 0.0927. The smallest absolute Gasteiger partial charge is 0.390 e. The van der Waals surface area contributed by atoms with Crippen LogP contribution in [0.3, 0.4) is 0 Å². The average molecular weight is 583 g/mol. The van der Waals surface area contributed by atoms with Gasteiger partial charge in [-0.25, -0.2) is 51.3 Å². The van der Waals surface area contributed by atoms with Gasteiger partial charge in [-0.15, -0.1) is 0 Å². The molecule has 2 heterocycles. The minimum atomic E-state index is -5.34. The molecule has 1 aromatic rings. The summed E-state index contributed by atoms with van der Waals surface area (Å²) in [5.74, 6) is 18.9. The summed E-state index contributed by atoms with van der Waals surface area (Å²) in [5, 5.41) is 10.3. The number of aromatic amines is 1. The fraction of sp³-hybridized carbons (Fsp3) is 0.500. The number of nitrogens with one attached hydrogen (secondary N) is 1. The van der Waals surface area contributed by atoms with Crippen molar-refractivity contribution >= 4 is 29.5 Å². The maximum absolute atomic E-state index is 12.6. The number of nitrogens with zero attached hydrogens (tertiary/aromatic N) is 1. The molecule has 1 aromatic heterocycles. The van der Waals surface area contributed by atoms with Crippen molar-refractivity contribution in [3.63, 3.8) is 0 Å². The predicted molar refractivity (Wildman–Crippen MR) is 116 cm³/mol. The molecule has 0 radical (unpaired) electrons. The van der Waals surface area contributed by atoms with Crippen LogP contribution in [0.1, 0.15) is 18.2 Å². The van der Waals surface area contributed by atoms with E-state index in [9.17, 15) is 28.4 Å². The number of ether oxygens (including phenoxy) is 1. The van der Waals surface area contributed by atoms with Gasteiger partial charge >= 0.3 is 29.2 Å². The number of rotatable bonds is 14. The third-order valence-electron chi connectivity index (χ3n) is 4.26. The number of aliphatic hydroxyl groups is 1. The molecular formula is C12H24N7O14P3. The zero-order valence-corrected chi connectivity index (χ0v) is 20.7. The van der Waals surface area contributed by atoms with E-state index in [1.165, 1.54) is 18.3 Å². The maximum Gasteiger partial charge on any atom is 0.516 e. The molecule has 1 fully saturated rings. The first kappa shape index (κ1) is 30.8. The Kier molecular flexibility index (Phi) is 11.0. The fourth-order valence-corrected chi connectivity index (χ4v) is 6.41. The minimum absolute atomic E-state index is 0.0741. The van der Waals surface area contributed by atoms with Crippen LogP contribution in [0.15, 0.2) is 21.9 Å². The van der Waals surface area contributed by atoms with Gasteiger partial charge in [0.05, 0.1) is 18.3 Å². The van der Waals surface area contributed by atoms with Crippen LogP contribution < -0.4 is 40.6 Å². The third-order valence-corrected chi connectivity index (χ3v) is 8.95. The number of hydrogen-bond donors (Lipinski definition) is 7. The van der Waals surface area contributed by atoms with Crippen LogP contribution in [0.25, 0.3) is 6.08 Å². The number of hydrogen-bond acceptors (Lipinski definition) is 19. The molecule has 1 aliphatic heterocycles. The molecule has 36 heavy (non-hydrogen) atoms. The quantitative estimate of drug-likeness (QED) is 0.0927. The highest BCUT2D eigenvalue weighted by Crippen LogP contribution is 2.71. The highest BCUT2D eigenvalue weighted by atomic mass is 31.3. The van der Waals surface area contributed by atoms with E-state index in [0.717, 1.165) is 4.57 Å². The van der Waals surface area contributed by atoms with Crippen LogP contribution in [-0.4, -0.2) is 40.0 Å². The van der Waals surface area contributed by atoms with Crippen LogP contribution in [0.5, 0.6) is 0 Å². The molecule has 0 aromatic carbocycles. The molecule has 2 rings (SSSR count). The zero-order chi connectivity index (χ0) is 27.1. The standard InChI is InChI=1S/C12H24N7O14P3/c13-3-1-2-7-5-19(12(22)18-11(7)21)10-4-8(20)9(27-10)6-26-34(23,28-14)32-36(25,31-17)33-35(24,29-15)30-16/h1-2,5,8-10,20H,3-4,6,13-17H2,(H,18,21,22)/b2-1+/t8?,9-,10-,34?,36?/m1/s1. The molecule has 0 bridgehead atoms. The molecule has 1 aliphatic rings. The molecule has 12 N–H and O–H groups in total. The number of aliphatic hydroxyl groups excluding tert-OH is 1. The molecular weight excluding hydrogens is 559 g/mol. The van der Waals surface area contributed by atoms with Crippen molar-refractivity contribution in [2.45, 2.75) is 24.9 Å². The lowest BCUT2D eigenvalue weighted by atomic mass is 10.2. The molecule has 1 saturated heterocycles. The van der Waals surface area contributed by atoms with E-state index in [1.807, 2.05) is 0 Å². The van der Waals surface area contributed by atoms with Gasteiger partial charge in [-0.2, -0.15) is 17.9 Å². The van der Waals surface area contributed by atoms with Gasteiger partial charge in [0.2, 0.25) is 0 Å². The Morgan fingerprint density at radius 3 is 2.19 bits per heavy atom. The van der Waals surface area contributed by atoms with Crippen LogP contribution in [0.4, 0.5) is 0 Å². The van der Waals surface area contributed by atoms with Gasteiger partial charge in [-0.1, -0.05) is 12.2 Å². The Hall–Kier alpha value is -1.45. The van der Waals surface area contributed by atoms with Gasteiger partial charge in [-0.05, 0) is 0 Å². The first-order chi connectivity index (χ1) is 16.9. The first-order valence-corrected chi connectivity index (χ1v) is 13.7. The number of phosphoric acid groups is 3. The molecule has 0 saturated carbocycles. The summed E-state index contributed by atoms with van der Waals surface area (Å²) in [7, 11) is -15.4. The monoisotopic (exact) mass is 583 g/mol. The number of H-pyrrole nitrogens is 1. The normalized spacial score (nSPS) is 24.1. The average Bonchev–Trinajstić information content (AvgIpc) is 3.22. The fourth-order valence-electron chi connectivity index (χ4n) is 2.66. The maximum atomic E-state index is 12.6. The Bertz CT molecular complexity index is 1180. The van der Waals surface area contributed by atoms with Crippen molar-refractivity contribution in [1.29, 1.82) is 0 Å². The van der Waals surface area contributed by atoms with Gasteiger partial charge in [-0.3, -0.25) is 18.9 Å². The van der Waals surface area contributed by atoms with Crippen LogP contribution in [0.2, 0.25) is 0 Å². The van der Waals surface area contributed by atoms with E-state index < -0.39 is 59.8 Å². The molecule has 5 atom stereocenters. The summed E-state index contributed by atoms with van der Waals surface area (Å²) in [5.41, 5.74) is 3.89. The summed E-state index contributed by atoms with van der Waals surface area (Å²) in [6, 6.07) is 0. The van der Waals surface area contributed by atoms with Crippen molar-refractivity contribution < 1.29 is 55.2 Å². The van der Waals surface area contributed by atoms with Gasteiger partial charge in [0.1, 0.15) is 12.3 Å². The lowest BCUT2D eigenvalue weighted by Crippen LogP contribution is -2.33. The molecule has 0 spiro atoms. The molecule has 21 nitrogen and oxygen atoms in total. The molecule has 206 valence electrons. The van der Waals surface area contributed by atoms with Crippen molar-refractivity contribution in [3.05, 3.63) is 38.7 Å². The van der Waals surface area contributed by atoms with Gasteiger partial charge < -0.3 is 15.6 Å². The summed E-state index contributed by atoms with van der Waals surface area (Å²) in [6.45, 7) is -0.682.